The number of benzene rings is 1. The topological polar surface area (TPSA) is 78.3 Å². The van der Waals surface area contributed by atoms with E-state index in [4.69, 9.17) is 17.3 Å². The van der Waals surface area contributed by atoms with Crippen LogP contribution in [0.1, 0.15) is 24.2 Å². The van der Waals surface area contributed by atoms with Gasteiger partial charge in [0.15, 0.2) is 4.77 Å². The van der Waals surface area contributed by atoms with Crippen molar-refractivity contribution in [2.75, 3.05) is 19.6 Å². The Bertz CT molecular complexity index is 806. The number of fused-ring (bicyclic) bond motifs is 1. The number of hydrogen-bond acceptors (Lipinski definition) is 4. The number of aromatic amines is 1. The molecule has 0 saturated carbocycles. The molecule has 118 valence electrons. The number of rotatable bonds is 6. The van der Waals surface area contributed by atoms with Crippen LogP contribution < -0.4 is 5.56 Å². The van der Waals surface area contributed by atoms with Gasteiger partial charge in [0.2, 0.25) is 0 Å². The fourth-order valence-electron chi connectivity index (χ4n) is 2.37. The van der Waals surface area contributed by atoms with Gasteiger partial charge in [0.25, 0.3) is 5.56 Å². The van der Waals surface area contributed by atoms with Crippen LogP contribution in [-0.2, 0) is 6.54 Å². The Hall–Kier alpha value is -1.99. The van der Waals surface area contributed by atoms with E-state index in [-0.39, 0.29) is 11.1 Å². The van der Waals surface area contributed by atoms with Gasteiger partial charge in [0, 0.05) is 13.1 Å². The number of H-pyrrole nitrogens is 1. The molecule has 0 aliphatic rings. The summed E-state index contributed by atoms with van der Waals surface area (Å²) in [6, 6.07) is 4.39. The molecule has 7 heteroatoms. The third-order valence-corrected chi connectivity index (χ3v) is 4.09. The summed E-state index contributed by atoms with van der Waals surface area (Å²) in [5.74, 6) is -1.04. The van der Waals surface area contributed by atoms with E-state index in [0.717, 1.165) is 19.6 Å². The maximum atomic E-state index is 12.5. The van der Waals surface area contributed by atoms with E-state index in [1.54, 1.807) is 0 Å². The van der Waals surface area contributed by atoms with Gasteiger partial charge in [-0.2, -0.15) is 0 Å². The SMILES string of the molecule is CCN(CC)CCn1c(=S)[nH]c2cc(C(=O)O)ccc2c1=O. The summed E-state index contributed by atoms with van der Waals surface area (Å²) in [5, 5.41) is 9.45. The second-order valence-corrected chi connectivity index (χ2v) is 5.37. The summed E-state index contributed by atoms with van der Waals surface area (Å²) in [5.41, 5.74) is 0.385. The van der Waals surface area contributed by atoms with Crippen LogP contribution in [0.15, 0.2) is 23.0 Å². The number of nitrogens with zero attached hydrogens (tertiary/aromatic N) is 2. The second kappa shape index (κ2) is 6.85. The predicted molar refractivity (Wildman–Crippen MR) is 88.1 cm³/mol. The molecule has 0 amide bonds. The molecular weight excluding hydrogens is 302 g/mol. The highest BCUT2D eigenvalue weighted by Gasteiger charge is 2.10. The van der Waals surface area contributed by atoms with Crippen LogP contribution in [-0.4, -0.2) is 45.2 Å². The zero-order chi connectivity index (χ0) is 16.3. The summed E-state index contributed by atoms with van der Waals surface area (Å²) in [6.45, 7) is 7.21. The maximum absolute atomic E-state index is 12.5. The largest absolute Gasteiger partial charge is 0.478 e. The molecule has 1 aromatic heterocycles. The summed E-state index contributed by atoms with van der Waals surface area (Å²) >= 11 is 5.24. The lowest BCUT2D eigenvalue weighted by Gasteiger charge is -2.18. The van der Waals surface area contributed by atoms with Crippen LogP contribution >= 0.6 is 12.2 Å². The average Bonchev–Trinajstić information content (AvgIpc) is 2.50. The predicted octanol–water partition coefficient (Wildman–Crippen LogP) is 2.10. The van der Waals surface area contributed by atoms with E-state index in [9.17, 15) is 9.59 Å². The van der Waals surface area contributed by atoms with Crippen LogP contribution in [0.4, 0.5) is 0 Å². The normalized spacial score (nSPS) is 11.2. The van der Waals surface area contributed by atoms with Gasteiger partial charge in [-0.25, -0.2) is 4.79 Å². The van der Waals surface area contributed by atoms with Gasteiger partial charge in [-0.15, -0.1) is 0 Å². The molecular formula is C15H19N3O3S. The first-order valence-corrected chi connectivity index (χ1v) is 7.61. The zero-order valence-corrected chi connectivity index (χ0v) is 13.4. The number of carboxylic acid groups (broad SMARTS) is 1. The molecule has 0 fully saturated rings. The third kappa shape index (κ3) is 3.26. The Labute approximate surface area is 133 Å². The molecule has 0 saturated heterocycles. The van der Waals surface area contributed by atoms with Crippen molar-refractivity contribution in [1.82, 2.24) is 14.5 Å². The third-order valence-electron chi connectivity index (χ3n) is 3.76. The fourth-order valence-corrected chi connectivity index (χ4v) is 2.66. The van der Waals surface area contributed by atoms with E-state index in [2.05, 4.69) is 23.7 Å². The van der Waals surface area contributed by atoms with Crippen molar-refractivity contribution in [2.24, 2.45) is 0 Å². The van der Waals surface area contributed by atoms with Crippen molar-refractivity contribution in [2.45, 2.75) is 20.4 Å². The smallest absolute Gasteiger partial charge is 0.335 e. The molecule has 6 nitrogen and oxygen atoms in total. The number of carboxylic acids is 1. The minimum absolute atomic E-state index is 0.124. The molecule has 0 bridgehead atoms. The van der Waals surface area contributed by atoms with Gasteiger partial charge in [0.05, 0.1) is 16.5 Å². The van der Waals surface area contributed by atoms with Crippen molar-refractivity contribution in [1.29, 1.82) is 0 Å². The lowest BCUT2D eigenvalue weighted by Crippen LogP contribution is -2.31. The zero-order valence-electron chi connectivity index (χ0n) is 12.6. The summed E-state index contributed by atoms with van der Waals surface area (Å²) < 4.78 is 1.84. The second-order valence-electron chi connectivity index (χ2n) is 4.98. The standard InChI is InChI=1S/C15H19N3O3S/c1-3-17(4-2)7-8-18-13(19)11-6-5-10(14(20)21)9-12(11)16-15(18)22/h5-6,9H,3-4,7-8H2,1-2H3,(H,16,22)(H,20,21). The van der Waals surface area contributed by atoms with Crippen molar-refractivity contribution < 1.29 is 9.90 Å². The number of nitrogens with one attached hydrogen (secondary N) is 1. The van der Waals surface area contributed by atoms with Crippen LogP contribution in [0.25, 0.3) is 10.9 Å². The fraction of sp³-hybridized carbons (Fsp3) is 0.400. The highest BCUT2D eigenvalue weighted by atomic mass is 32.1. The maximum Gasteiger partial charge on any atom is 0.335 e. The Balaban J connectivity index is 2.45. The minimum Gasteiger partial charge on any atom is -0.478 e. The molecule has 22 heavy (non-hydrogen) atoms. The Morgan fingerprint density at radius 3 is 2.64 bits per heavy atom. The van der Waals surface area contributed by atoms with Crippen molar-refractivity contribution >= 4 is 29.1 Å². The first kappa shape index (κ1) is 16.4. The average molecular weight is 321 g/mol. The summed E-state index contributed by atoms with van der Waals surface area (Å²) in [4.78, 5) is 28.7. The number of likely N-dealkylation sites (N-methyl/N-ethyl adjacent to an activating group) is 1. The van der Waals surface area contributed by atoms with E-state index in [1.165, 1.54) is 22.8 Å². The van der Waals surface area contributed by atoms with Crippen LogP contribution in [0.3, 0.4) is 0 Å². The summed E-state index contributed by atoms with van der Waals surface area (Å²) in [7, 11) is 0. The number of aromatic nitrogens is 2. The molecule has 0 aliphatic carbocycles. The van der Waals surface area contributed by atoms with Gasteiger partial charge in [0.1, 0.15) is 0 Å². The lowest BCUT2D eigenvalue weighted by molar-refractivity contribution is 0.0697. The highest BCUT2D eigenvalue weighted by Crippen LogP contribution is 2.10. The van der Waals surface area contributed by atoms with Gasteiger partial charge in [-0.1, -0.05) is 13.8 Å². The van der Waals surface area contributed by atoms with E-state index in [1.807, 2.05) is 0 Å². The molecule has 0 atom stereocenters. The molecule has 0 radical (unpaired) electrons. The molecule has 2 rings (SSSR count). The number of hydrogen-bond donors (Lipinski definition) is 2. The van der Waals surface area contributed by atoms with E-state index < -0.39 is 5.97 Å². The van der Waals surface area contributed by atoms with E-state index >= 15 is 0 Å². The molecule has 2 aromatic rings. The minimum atomic E-state index is -1.04. The molecule has 0 spiro atoms. The Kier molecular flexibility index (Phi) is 5.10. The molecule has 1 heterocycles. The molecule has 0 aliphatic heterocycles. The van der Waals surface area contributed by atoms with Crippen molar-refractivity contribution in [3.05, 3.63) is 38.9 Å². The van der Waals surface area contributed by atoms with Crippen molar-refractivity contribution in [3.63, 3.8) is 0 Å². The highest BCUT2D eigenvalue weighted by molar-refractivity contribution is 7.71. The van der Waals surface area contributed by atoms with Crippen LogP contribution in [0.2, 0.25) is 0 Å². The summed E-state index contributed by atoms with van der Waals surface area (Å²) in [6.07, 6.45) is 0. The molecule has 1 aromatic carbocycles. The van der Waals surface area contributed by atoms with Crippen LogP contribution in [0, 0.1) is 4.77 Å². The van der Waals surface area contributed by atoms with E-state index in [0.29, 0.717) is 22.2 Å². The quantitative estimate of drug-likeness (QED) is 0.797. The van der Waals surface area contributed by atoms with Gasteiger partial charge >= 0.3 is 5.97 Å². The van der Waals surface area contributed by atoms with Crippen LogP contribution in [0.5, 0.6) is 0 Å². The monoisotopic (exact) mass is 321 g/mol. The van der Waals surface area contributed by atoms with Gasteiger partial charge < -0.3 is 15.0 Å². The lowest BCUT2D eigenvalue weighted by atomic mass is 10.1. The molecule has 2 N–H and O–H groups in total. The molecule has 0 unspecified atom stereocenters. The number of aromatic carboxylic acids is 1. The number of carbonyl (C=O) groups is 1. The van der Waals surface area contributed by atoms with Gasteiger partial charge in [-0.3, -0.25) is 9.36 Å². The van der Waals surface area contributed by atoms with Crippen molar-refractivity contribution in [3.8, 4) is 0 Å². The Morgan fingerprint density at radius 2 is 2.05 bits per heavy atom. The first-order chi connectivity index (χ1) is 10.5. The van der Waals surface area contributed by atoms with Gasteiger partial charge in [-0.05, 0) is 43.5 Å². The Morgan fingerprint density at radius 1 is 1.36 bits per heavy atom. The first-order valence-electron chi connectivity index (χ1n) is 7.20.